The van der Waals surface area contributed by atoms with Crippen molar-refractivity contribution in [3.63, 3.8) is 0 Å². The molecule has 0 spiro atoms. The summed E-state index contributed by atoms with van der Waals surface area (Å²) < 4.78 is 1.29. The van der Waals surface area contributed by atoms with E-state index in [4.69, 9.17) is 17.2 Å². The summed E-state index contributed by atoms with van der Waals surface area (Å²) in [7, 11) is 0. The number of rotatable bonds is 1. The molecule has 0 aliphatic heterocycles. The highest BCUT2D eigenvalue weighted by atomic mass is 16.3. The molecule has 0 fully saturated rings. The van der Waals surface area contributed by atoms with Gasteiger partial charge in [0.25, 0.3) is 5.56 Å². The van der Waals surface area contributed by atoms with Crippen molar-refractivity contribution in [2.45, 2.75) is 6.92 Å². The highest BCUT2D eigenvalue weighted by molar-refractivity contribution is 5.71. The molecule has 0 unspecified atom stereocenters. The topological polar surface area (TPSA) is 120 Å². The minimum Gasteiger partial charge on any atom is -0.504 e. The van der Waals surface area contributed by atoms with Crippen LogP contribution in [-0.2, 0) is 0 Å². The van der Waals surface area contributed by atoms with Gasteiger partial charge in [-0.15, -0.1) is 0 Å². The number of pyridine rings is 1. The number of hydrogen-bond acceptors (Lipinski definition) is 5. The lowest BCUT2D eigenvalue weighted by atomic mass is 10.2. The van der Waals surface area contributed by atoms with Gasteiger partial charge in [0, 0.05) is 6.07 Å². The van der Waals surface area contributed by atoms with Gasteiger partial charge in [0.1, 0.15) is 5.82 Å². The van der Waals surface area contributed by atoms with Crippen LogP contribution in [0, 0.1) is 6.92 Å². The average Bonchev–Trinajstić information content (AvgIpc) is 2.31. The molecule has 0 saturated heterocycles. The van der Waals surface area contributed by atoms with Crippen molar-refractivity contribution in [3.05, 3.63) is 40.2 Å². The van der Waals surface area contributed by atoms with Crippen LogP contribution < -0.4 is 22.8 Å². The summed E-state index contributed by atoms with van der Waals surface area (Å²) >= 11 is 0. The Balaban J connectivity index is 2.78. The Morgan fingerprint density at radius 1 is 1.11 bits per heavy atom. The summed E-state index contributed by atoms with van der Waals surface area (Å²) in [5, 5.41) is 9.50. The van der Waals surface area contributed by atoms with Gasteiger partial charge >= 0.3 is 0 Å². The van der Waals surface area contributed by atoms with Gasteiger partial charge in [-0.3, -0.25) is 9.36 Å². The first kappa shape index (κ1) is 11.8. The van der Waals surface area contributed by atoms with Gasteiger partial charge in [0.15, 0.2) is 5.75 Å². The van der Waals surface area contributed by atoms with E-state index in [2.05, 4.69) is 0 Å². The van der Waals surface area contributed by atoms with Crippen molar-refractivity contribution < 1.29 is 5.11 Å². The number of nitrogens with two attached hydrogens (primary N) is 3. The molecule has 0 atom stereocenters. The normalized spacial score (nSPS) is 10.5. The van der Waals surface area contributed by atoms with Crippen LogP contribution in [0.4, 0.5) is 17.2 Å². The molecule has 0 bridgehead atoms. The van der Waals surface area contributed by atoms with Gasteiger partial charge < -0.3 is 22.3 Å². The molecule has 0 amide bonds. The molecule has 0 radical (unpaired) electrons. The molecule has 6 heteroatoms. The number of aromatic hydroxyl groups is 1. The maximum atomic E-state index is 11.8. The summed E-state index contributed by atoms with van der Waals surface area (Å²) in [5.74, 6) is 0.116. The average molecular weight is 246 g/mol. The lowest BCUT2D eigenvalue weighted by Crippen LogP contribution is -2.21. The Labute approximate surface area is 103 Å². The molecule has 1 heterocycles. The van der Waals surface area contributed by atoms with E-state index >= 15 is 0 Å². The van der Waals surface area contributed by atoms with Crippen LogP contribution in [0.3, 0.4) is 0 Å². The molecular weight excluding hydrogens is 232 g/mol. The third-order valence-corrected chi connectivity index (χ3v) is 2.75. The van der Waals surface area contributed by atoms with E-state index in [-0.39, 0.29) is 22.7 Å². The maximum absolute atomic E-state index is 11.8. The molecular formula is C12H14N4O2. The lowest BCUT2D eigenvalue weighted by Gasteiger charge is -2.13. The van der Waals surface area contributed by atoms with E-state index in [0.29, 0.717) is 11.5 Å². The predicted octanol–water partition coefficient (Wildman–Crippen LogP) is 0.598. The fourth-order valence-corrected chi connectivity index (χ4v) is 1.71. The first-order valence-electron chi connectivity index (χ1n) is 5.28. The molecule has 2 aromatic rings. The van der Waals surface area contributed by atoms with Gasteiger partial charge in [-0.25, -0.2) is 0 Å². The van der Waals surface area contributed by atoms with Crippen LogP contribution in [0.5, 0.6) is 5.75 Å². The first-order valence-corrected chi connectivity index (χ1v) is 5.28. The second-order valence-electron chi connectivity index (χ2n) is 4.05. The smallest absolute Gasteiger partial charge is 0.256 e. The molecule has 7 N–H and O–H groups in total. The van der Waals surface area contributed by atoms with Crippen molar-refractivity contribution >= 4 is 17.2 Å². The van der Waals surface area contributed by atoms with Gasteiger partial charge in [0.2, 0.25) is 0 Å². The number of anilines is 3. The number of benzene rings is 1. The third kappa shape index (κ3) is 1.73. The van der Waals surface area contributed by atoms with Crippen LogP contribution in [-0.4, -0.2) is 9.67 Å². The van der Waals surface area contributed by atoms with E-state index in [1.54, 1.807) is 13.0 Å². The summed E-state index contributed by atoms with van der Waals surface area (Å²) in [4.78, 5) is 11.8. The molecule has 94 valence electrons. The van der Waals surface area contributed by atoms with Gasteiger partial charge in [-0.1, -0.05) is 6.07 Å². The molecule has 1 aromatic carbocycles. The maximum Gasteiger partial charge on any atom is 0.256 e. The number of aromatic nitrogens is 1. The Hall–Kier alpha value is -2.63. The second-order valence-corrected chi connectivity index (χ2v) is 4.05. The summed E-state index contributed by atoms with van der Waals surface area (Å²) in [6, 6.07) is 5.94. The largest absolute Gasteiger partial charge is 0.504 e. The van der Waals surface area contributed by atoms with Crippen molar-refractivity contribution in [2.75, 3.05) is 17.2 Å². The Kier molecular flexibility index (Phi) is 2.63. The number of phenols is 1. The number of nitrogens with zero attached hydrogens (tertiary/aromatic N) is 1. The SMILES string of the molecule is Cc1ccc(=O)n(-c2cc(N)c(O)c(N)c2)c1N. The van der Waals surface area contributed by atoms with Gasteiger partial charge in [-0.2, -0.15) is 0 Å². The fraction of sp³-hybridized carbons (Fsp3) is 0.0833. The zero-order valence-electron chi connectivity index (χ0n) is 9.84. The first-order chi connectivity index (χ1) is 8.41. The molecule has 0 aliphatic carbocycles. The molecule has 0 aliphatic rings. The Morgan fingerprint density at radius 2 is 1.67 bits per heavy atom. The van der Waals surface area contributed by atoms with Crippen molar-refractivity contribution in [2.24, 2.45) is 0 Å². The van der Waals surface area contributed by atoms with Crippen LogP contribution in [0.15, 0.2) is 29.1 Å². The number of phenolic OH excluding ortho intramolecular Hbond substituents is 1. The van der Waals surface area contributed by atoms with E-state index in [1.807, 2.05) is 0 Å². The van der Waals surface area contributed by atoms with E-state index < -0.39 is 0 Å². The van der Waals surface area contributed by atoms with Crippen LogP contribution in [0.2, 0.25) is 0 Å². The molecule has 0 saturated carbocycles. The fourth-order valence-electron chi connectivity index (χ4n) is 1.71. The van der Waals surface area contributed by atoms with Crippen molar-refractivity contribution in [1.29, 1.82) is 0 Å². The molecule has 1 aromatic heterocycles. The van der Waals surface area contributed by atoms with Crippen LogP contribution in [0.25, 0.3) is 5.69 Å². The van der Waals surface area contributed by atoms with E-state index in [9.17, 15) is 9.90 Å². The standard InChI is InChI=1S/C12H14N4O2/c1-6-2-3-10(17)16(12(6)15)7-4-8(13)11(18)9(14)5-7/h2-5,18H,13-15H2,1H3. The monoisotopic (exact) mass is 246 g/mol. The van der Waals surface area contributed by atoms with Crippen LogP contribution >= 0.6 is 0 Å². The zero-order valence-corrected chi connectivity index (χ0v) is 9.84. The molecule has 6 nitrogen and oxygen atoms in total. The Morgan fingerprint density at radius 3 is 2.22 bits per heavy atom. The number of aryl methyl sites for hydroxylation is 1. The third-order valence-electron chi connectivity index (χ3n) is 2.75. The minimum atomic E-state index is -0.289. The summed E-state index contributed by atoms with van der Waals surface area (Å²) in [5.41, 5.74) is 18.2. The van der Waals surface area contributed by atoms with Gasteiger partial charge in [-0.05, 0) is 24.6 Å². The van der Waals surface area contributed by atoms with Crippen molar-refractivity contribution in [3.8, 4) is 11.4 Å². The minimum absolute atomic E-state index is 0.0952. The summed E-state index contributed by atoms with van der Waals surface area (Å²) in [6.07, 6.45) is 0. The number of hydrogen-bond donors (Lipinski definition) is 4. The van der Waals surface area contributed by atoms with E-state index in [1.165, 1.54) is 22.8 Å². The zero-order chi connectivity index (χ0) is 13.4. The highest BCUT2D eigenvalue weighted by Gasteiger charge is 2.10. The second kappa shape index (κ2) is 3.99. The summed E-state index contributed by atoms with van der Waals surface area (Å²) in [6.45, 7) is 1.79. The quantitative estimate of drug-likeness (QED) is 0.433. The van der Waals surface area contributed by atoms with Crippen LogP contribution in [0.1, 0.15) is 5.56 Å². The van der Waals surface area contributed by atoms with Gasteiger partial charge in [0.05, 0.1) is 17.1 Å². The molecule has 2 rings (SSSR count). The number of nitrogen functional groups attached to an aromatic ring is 3. The van der Waals surface area contributed by atoms with Crippen molar-refractivity contribution in [1.82, 2.24) is 4.57 Å². The predicted molar refractivity (Wildman–Crippen MR) is 71.7 cm³/mol. The molecule has 18 heavy (non-hydrogen) atoms. The highest BCUT2D eigenvalue weighted by Crippen LogP contribution is 2.30. The lowest BCUT2D eigenvalue weighted by molar-refractivity contribution is 0.480. The Bertz CT molecular complexity index is 653. The van der Waals surface area contributed by atoms with E-state index in [0.717, 1.165) is 5.56 Å².